The molecule has 0 aliphatic carbocycles. The molecule has 0 bridgehead atoms. The molecular formula is C21H26N2O5S2. The lowest BCUT2D eigenvalue weighted by molar-refractivity contribution is -0.116. The summed E-state index contributed by atoms with van der Waals surface area (Å²) in [6.45, 7) is 5.47. The summed E-state index contributed by atoms with van der Waals surface area (Å²) >= 11 is 2.98. The molecule has 0 aliphatic rings. The number of carbonyl (C=O) groups is 3. The Balaban J connectivity index is 1.89. The van der Waals surface area contributed by atoms with Crippen molar-refractivity contribution in [2.24, 2.45) is 0 Å². The number of thioether (sulfide) groups is 1. The smallest absolute Gasteiger partial charge is 0.414 e. The Morgan fingerprint density at radius 1 is 1.13 bits per heavy atom. The molecule has 30 heavy (non-hydrogen) atoms. The van der Waals surface area contributed by atoms with Crippen LogP contribution in [0.3, 0.4) is 0 Å². The molecule has 0 aliphatic heterocycles. The number of anilines is 1. The van der Waals surface area contributed by atoms with Crippen molar-refractivity contribution in [1.29, 1.82) is 0 Å². The second kappa shape index (κ2) is 11.6. The largest absolute Gasteiger partial charge is 0.497 e. The van der Waals surface area contributed by atoms with Crippen LogP contribution in [0.2, 0.25) is 0 Å². The fourth-order valence-corrected chi connectivity index (χ4v) is 4.52. The van der Waals surface area contributed by atoms with E-state index in [9.17, 15) is 14.4 Å². The highest BCUT2D eigenvalue weighted by molar-refractivity contribution is 7.99. The van der Waals surface area contributed by atoms with Gasteiger partial charge in [-0.2, -0.15) is 0 Å². The van der Waals surface area contributed by atoms with E-state index in [2.05, 4.69) is 10.6 Å². The highest BCUT2D eigenvalue weighted by Gasteiger charge is 2.22. The number of rotatable bonds is 9. The van der Waals surface area contributed by atoms with Crippen LogP contribution in [0.25, 0.3) is 0 Å². The van der Waals surface area contributed by atoms with Gasteiger partial charge in [0.1, 0.15) is 10.8 Å². The molecule has 7 nitrogen and oxygen atoms in total. The number of alkyl carbamates (subject to hydrolysis) is 1. The first-order valence-corrected chi connectivity index (χ1v) is 11.3. The van der Waals surface area contributed by atoms with Crippen LogP contribution in [0.5, 0.6) is 5.75 Å². The summed E-state index contributed by atoms with van der Waals surface area (Å²) in [6, 6.07) is 7.77. The summed E-state index contributed by atoms with van der Waals surface area (Å²) in [5, 5.41) is 5.44. The topological polar surface area (TPSA) is 93.7 Å². The second-order valence-electron chi connectivity index (χ2n) is 6.34. The number of nitrogens with one attached hydrogen (secondary N) is 2. The zero-order chi connectivity index (χ0) is 22.1. The predicted octanol–water partition coefficient (Wildman–Crippen LogP) is 4.77. The second-order valence-corrected chi connectivity index (χ2v) is 8.73. The molecule has 1 heterocycles. The van der Waals surface area contributed by atoms with E-state index in [4.69, 9.17) is 9.47 Å². The maximum Gasteiger partial charge on any atom is 0.414 e. The van der Waals surface area contributed by atoms with E-state index in [0.717, 1.165) is 26.8 Å². The van der Waals surface area contributed by atoms with Gasteiger partial charge in [-0.1, -0.05) is 0 Å². The summed E-state index contributed by atoms with van der Waals surface area (Å²) in [4.78, 5) is 38.4. The number of amides is 3. The molecule has 0 fully saturated rings. The van der Waals surface area contributed by atoms with Gasteiger partial charge in [0.25, 0.3) is 5.91 Å². The Hall–Kier alpha value is -2.52. The number of hydrogen-bond acceptors (Lipinski definition) is 7. The Morgan fingerprint density at radius 2 is 1.83 bits per heavy atom. The molecule has 2 rings (SSSR count). The van der Waals surface area contributed by atoms with Gasteiger partial charge in [-0.25, -0.2) is 4.79 Å². The summed E-state index contributed by atoms with van der Waals surface area (Å²) < 4.78 is 9.89. The van der Waals surface area contributed by atoms with E-state index in [1.54, 1.807) is 32.7 Å². The predicted molar refractivity (Wildman–Crippen MR) is 120 cm³/mol. The maximum absolute atomic E-state index is 12.5. The standard InChI is InChI=1S/C21H26N2O5S2/c1-5-28-21(26)23-19(25)18-13(2)14(3)30-20(18)22-17(24)7-6-12-29-16-10-8-15(27-4)9-11-16/h8-11H,5-7,12H2,1-4H3,(H,22,24)(H,23,25,26). The van der Waals surface area contributed by atoms with Crippen LogP contribution in [0.1, 0.15) is 40.6 Å². The molecule has 1 aromatic heterocycles. The van der Waals surface area contributed by atoms with Crippen LogP contribution in [-0.4, -0.2) is 37.4 Å². The van der Waals surface area contributed by atoms with Crippen LogP contribution >= 0.6 is 23.1 Å². The fourth-order valence-electron chi connectivity index (χ4n) is 2.59. The Kier molecular flexibility index (Phi) is 9.19. The average molecular weight is 451 g/mol. The van der Waals surface area contributed by atoms with E-state index in [1.807, 2.05) is 31.2 Å². The first-order chi connectivity index (χ1) is 14.3. The Labute approximate surface area is 184 Å². The van der Waals surface area contributed by atoms with Gasteiger partial charge in [-0.05, 0) is 62.8 Å². The minimum Gasteiger partial charge on any atom is -0.497 e. The molecule has 3 amide bonds. The number of carbonyl (C=O) groups excluding carboxylic acids is 3. The number of aryl methyl sites for hydroxylation is 1. The van der Waals surface area contributed by atoms with Gasteiger partial charge < -0.3 is 14.8 Å². The van der Waals surface area contributed by atoms with Gasteiger partial charge in [0.2, 0.25) is 5.91 Å². The lowest BCUT2D eigenvalue weighted by Crippen LogP contribution is -2.31. The Bertz CT molecular complexity index is 894. The summed E-state index contributed by atoms with van der Waals surface area (Å²) in [5.41, 5.74) is 1.03. The molecule has 0 spiro atoms. The zero-order valence-electron chi connectivity index (χ0n) is 17.5. The SMILES string of the molecule is CCOC(=O)NC(=O)c1c(NC(=O)CCCSc2ccc(OC)cc2)sc(C)c1C. The molecule has 162 valence electrons. The number of methoxy groups -OCH3 is 1. The van der Waals surface area contributed by atoms with Gasteiger partial charge in [0, 0.05) is 16.2 Å². The van der Waals surface area contributed by atoms with E-state index in [0.29, 0.717) is 23.4 Å². The van der Waals surface area contributed by atoms with Crippen molar-refractivity contribution in [2.75, 3.05) is 24.8 Å². The fraction of sp³-hybridized carbons (Fsp3) is 0.381. The summed E-state index contributed by atoms with van der Waals surface area (Å²) in [5.74, 6) is 0.846. The van der Waals surface area contributed by atoms with Gasteiger partial charge in [-0.3, -0.25) is 14.9 Å². The summed E-state index contributed by atoms with van der Waals surface area (Å²) in [7, 11) is 1.63. The van der Waals surface area contributed by atoms with E-state index < -0.39 is 12.0 Å². The van der Waals surface area contributed by atoms with Crippen molar-refractivity contribution < 1.29 is 23.9 Å². The third kappa shape index (κ3) is 6.77. The normalized spacial score (nSPS) is 10.4. The number of ether oxygens (including phenoxy) is 2. The van der Waals surface area contributed by atoms with E-state index in [1.165, 1.54) is 11.3 Å². The van der Waals surface area contributed by atoms with Crippen molar-refractivity contribution in [2.45, 2.75) is 38.5 Å². The van der Waals surface area contributed by atoms with Crippen LogP contribution in [0.4, 0.5) is 9.80 Å². The summed E-state index contributed by atoms with van der Waals surface area (Å²) in [6.07, 6.45) is 0.215. The highest BCUT2D eigenvalue weighted by Crippen LogP contribution is 2.32. The monoisotopic (exact) mass is 450 g/mol. The molecule has 0 radical (unpaired) electrons. The van der Waals surface area contributed by atoms with Crippen molar-refractivity contribution in [3.63, 3.8) is 0 Å². The third-order valence-electron chi connectivity index (χ3n) is 4.23. The molecule has 0 saturated heterocycles. The molecule has 2 aromatic rings. The Morgan fingerprint density at radius 3 is 2.47 bits per heavy atom. The quantitative estimate of drug-likeness (QED) is 0.422. The van der Waals surface area contributed by atoms with E-state index in [-0.39, 0.29) is 12.5 Å². The number of hydrogen-bond donors (Lipinski definition) is 2. The molecule has 1 aromatic carbocycles. The molecule has 2 N–H and O–H groups in total. The molecule has 0 atom stereocenters. The van der Waals surface area contributed by atoms with Crippen molar-refractivity contribution in [3.8, 4) is 5.75 Å². The highest BCUT2D eigenvalue weighted by atomic mass is 32.2. The first kappa shape index (κ1) is 23.8. The van der Waals surface area contributed by atoms with Crippen LogP contribution in [0.15, 0.2) is 29.2 Å². The molecule has 0 unspecified atom stereocenters. The molecule has 9 heteroatoms. The minimum absolute atomic E-state index is 0.166. The third-order valence-corrected chi connectivity index (χ3v) is 6.45. The lowest BCUT2D eigenvalue weighted by atomic mass is 10.1. The van der Waals surface area contributed by atoms with Crippen molar-refractivity contribution in [3.05, 3.63) is 40.3 Å². The maximum atomic E-state index is 12.5. The van der Waals surface area contributed by atoms with Gasteiger partial charge >= 0.3 is 6.09 Å². The zero-order valence-corrected chi connectivity index (χ0v) is 19.1. The van der Waals surface area contributed by atoms with Crippen molar-refractivity contribution >= 4 is 46.0 Å². The minimum atomic E-state index is -0.807. The number of benzene rings is 1. The number of thiophene rings is 1. The van der Waals surface area contributed by atoms with Gasteiger partial charge in [0.05, 0.1) is 19.3 Å². The van der Waals surface area contributed by atoms with Crippen LogP contribution in [0, 0.1) is 13.8 Å². The molecule has 0 saturated carbocycles. The van der Waals surface area contributed by atoms with Crippen molar-refractivity contribution in [1.82, 2.24) is 5.32 Å². The average Bonchev–Trinajstić information content (AvgIpc) is 2.99. The first-order valence-electron chi connectivity index (χ1n) is 9.50. The lowest BCUT2D eigenvalue weighted by Gasteiger charge is -2.08. The number of imide groups is 1. The van der Waals surface area contributed by atoms with E-state index >= 15 is 0 Å². The van der Waals surface area contributed by atoms with Crippen LogP contribution in [-0.2, 0) is 9.53 Å². The van der Waals surface area contributed by atoms with Gasteiger partial charge in [0.15, 0.2) is 0 Å². The molecular weight excluding hydrogens is 424 g/mol. The van der Waals surface area contributed by atoms with Gasteiger partial charge in [-0.15, -0.1) is 23.1 Å². The van der Waals surface area contributed by atoms with Crippen LogP contribution < -0.4 is 15.4 Å².